The lowest BCUT2D eigenvalue weighted by atomic mass is 9.71. The van der Waals surface area contributed by atoms with Crippen LogP contribution in [0.5, 0.6) is 0 Å². The van der Waals surface area contributed by atoms with E-state index in [1.807, 2.05) is 13.8 Å². The molecule has 0 aliphatic carbocycles. The van der Waals surface area contributed by atoms with E-state index in [9.17, 15) is 9.59 Å². The minimum Gasteiger partial charge on any atom is -0.331 e. The minimum atomic E-state index is -0.789. The van der Waals surface area contributed by atoms with Gasteiger partial charge < -0.3 is 5.32 Å². The van der Waals surface area contributed by atoms with Crippen molar-refractivity contribution in [1.29, 1.82) is 0 Å². The van der Waals surface area contributed by atoms with Crippen LogP contribution in [-0.4, -0.2) is 11.7 Å². The summed E-state index contributed by atoms with van der Waals surface area (Å²) >= 11 is 0. The maximum absolute atomic E-state index is 12.1. The van der Waals surface area contributed by atoms with Crippen molar-refractivity contribution < 1.29 is 9.59 Å². The zero-order valence-corrected chi connectivity index (χ0v) is 9.72. The van der Waals surface area contributed by atoms with Gasteiger partial charge in [0.1, 0.15) is 5.41 Å². The van der Waals surface area contributed by atoms with Gasteiger partial charge in [-0.1, -0.05) is 26.7 Å². The number of hydrogen-bond acceptors (Lipinski definition) is 2. The van der Waals surface area contributed by atoms with Gasteiger partial charge in [-0.3, -0.25) is 9.59 Å². The quantitative estimate of drug-likeness (QED) is 0.721. The number of carbonyl (C=O) groups is 2. The molecule has 3 heteroatoms. The van der Waals surface area contributed by atoms with Crippen LogP contribution in [0.25, 0.3) is 0 Å². The second-order valence-corrected chi connectivity index (χ2v) is 4.21. The molecule has 1 N–H and O–H groups in total. The van der Waals surface area contributed by atoms with Gasteiger partial charge in [0, 0.05) is 11.8 Å². The van der Waals surface area contributed by atoms with Crippen molar-refractivity contribution in [2.24, 2.45) is 5.41 Å². The first kappa shape index (κ1) is 12.0. The number of allylic oxidation sites excluding steroid dienone is 1. The Labute approximate surface area is 90.9 Å². The lowest BCUT2D eigenvalue weighted by Crippen LogP contribution is -2.48. The van der Waals surface area contributed by atoms with Gasteiger partial charge in [0.15, 0.2) is 5.78 Å². The highest BCUT2D eigenvalue weighted by atomic mass is 16.2. The van der Waals surface area contributed by atoms with Crippen molar-refractivity contribution in [2.45, 2.75) is 46.5 Å². The van der Waals surface area contributed by atoms with Gasteiger partial charge in [-0.15, -0.1) is 0 Å². The normalized spacial score (nSPS) is 19.8. The van der Waals surface area contributed by atoms with Crippen molar-refractivity contribution >= 4 is 11.7 Å². The number of amides is 1. The van der Waals surface area contributed by atoms with Crippen molar-refractivity contribution in [3.05, 3.63) is 11.8 Å². The standard InChI is InChI=1S/C12H19NO2/c1-4-6-12(7-5-2)10(14)9(3)8-13-11(12)15/h8H,4-7H2,1-3H3,(H,13,15). The molecule has 84 valence electrons. The average Bonchev–Trinajstić information content (AvgIpc) is 2.22. The Hall–Kier alpha value is -1.12. The number of carbonyl (C=O) groups excluding carboxylic acids is 2. The molecule has 0 radical (unpaired) electrons. The largest absolute Gasteiger partial charge is 0.331 e. The van der Waals surface area contributed by atoms with E-state index < -0.39 is 5.41 Å². The molecule has 0 aromatic rings. The third-order valence-corrected chi connectivity index (χ3v) is 3.00. The Kier molecular flexibility index (Phi) is 3.66. The van der Waals surface area contributed by atoms with Gasteiger partial charge in [-0.05, 0) is 19.8 Å². The molecule has 1 rings (SSSR count). The predicted octanol–water partition coefficient (Wildman–Crippen LogP) is 2.18. The van der Waals surface area contributed by atoms with E-state index in [2.05, 4.69) is 5.32 Å². The zero-order valence-electron chi connectivity index (χ0n) is 9.72. The molecule has 1 heterocycles. The second kappa shape index (κ2) is 4.60. The number of nitrogens with one attached hydrogen (secondary N) is 1. The monoisotopic (exact) mass is 209 g/mol. The summed E-state index contributed by atoms with van der Waals surface area (Å²) in [5.74, 6) is -0.114. The maximum Gasteiger partial charge on any atom is 0.237 e. The minimum absolute atomic E-state index is 0.00921. The van der Waals surface area contributed by atoms with Crippen LogP contribution in [0.4, 0.5) is 0 Å². The lowest BCUT2D eigenvalue weighted by molar-refractivity contribution is -0.142. The molecule has 1 aliphatic rings. The van der Waals surface area contributed by atoms with Crippen LogP contribution in [0.1, 0.15) is 46.5 Å². The summed E-state index contributed by atoms with van der Waals surface area (Å²) in [6, 6.07) is 0. The highest BCUT2D eigenvalue weighted by Crippen LogP contribution is 2.35. The van der Waals surface area contributed by atoms with Crippen molar-refractivity contribution in [1.82, 2.24) is 5.32 Å². The summed E-state index contributed by atoms with van der Waals surface area (Å²) in [4.78, 5) is 24.0. The molecule has 1 aliphatic heterocycles. The molecule has 0 unspecified atom stereocenters. The van der Waals surface area contributed by atoms with Crippen LogP contribution in [0.15, 0.2) is 11.8 Å². The number of ketones is 1. The van der Waals surface area contributed by atoms with Crippen molar-refractivity contribution in [3.8, 4) is 0 Å². The summed E-state index contributed by atoms with van der Waals surface area (Å²) in [6.45, 7) is 5.78. The highest BCUT2D eigenvalue weighted by Gasteiger charge is 2.45. The zero-order chi connectivity index (χ0) is 11.5. The summed E-state index contributed by atoms with van der Waals surface area (Å²) in [7, 11) is 0. The molecule has 0 saturated carbocycles. The van der Waals surface area contributed by atoms with E-state index in [4.69, 9.17) is 0 Å². The number of hydrogen-bond donors (Lipinski definition) is 1. The molecule has 0 bridgehead atoms. The fourth-order valence-corrected chi connectivity index (χ4v) is 2.29. The Bertz CT molecular complexity index is 299. The van der Waals surface area contributed by atoms with Gasteiger partial charge in [-0.25, -0.2) is 0 Å². The molecule has 0 saturated heterocycles. The smallest absolute Gasteiger partial charge is 0.237 e. The third-order valence-electron chi connectivity index (χ3n) is 3.00. The van der Waals surface area contributed by atoms with Gasteiger partial charge in [0.2, 0.25) is 5.91 Å². The summed E-state index contributed by atoms with van der Waals surface area (Å²) in [5.41, 5.74) is -0.126. The first-order valence-electron chi connectivity index (χ1n) is 5.61. The first-order chi connectivity index (χ1) is 7.08. The van der Waals surface area contributed by atoms with E-state index in [1.165, 1.54) is 6.20 Å². The lowest BCUT2D eigenvalue weighted by Gasteiger charge is -2.33. The van der Waals surface area contributed by atoms with Crippen LogP contribution in [0.2, 0.25) is 0 Å². The fourth-order valence-electron chi connectivity index (χ4n) is 2.29. The Morgan fingerprint density at radius 2 is 1.73 bits per heavy atom. The van der Waals surface area contributed by atoms with Crippen molar-refractivity contribution in [2.75, 3.05) is 0 Å². The van der Waals surface area contributed by atoms with Crippen LogP contribution < -0.4 is 5.32 Å². The van der Waals surface area contributed by atoms with E-state index in [-0.39, 0.29) is 11.7 Å². The highest BCUT2D eigenvalue weighted by molar-refractivity contribution is 6.15. The van der Waals surface area contributed by atoms with E-state index >= 15 is 0 Å². The predicted molar refractivity (Wildman–Crippen MR) is 59.2 cm³/mol. The summed E-state index contributed by atoms with van der Waals surface area (Å²) in [6.07, 6.45) is 4.53. The molecule has 0 spiro atoms. The first-order valence-corrected chi connectivity index (χ1v) is 5.61. The van der Waals surface area contributed by atoms with Crippen LogP contribution >= 0.6 is 0 Å². The molecule has 0 fully saturated rings. The van der Waals surface area contributed by atoms with Crippen LogP contribution in [0.3, 0.4) is 0 Å². The molecule has 0 aromatic heterocycles. The van der Waals surface area contributed by atoms with E-state index in [0.29, 0.717) is 18.4 Å². The van der Waals surface area contributed by atoms with Crippen LogP contribution in [0, 0.1) is 5.41 Å². The fraction of sp³-hybridized carbons (Fsp3) is 0.667. The second-order valence-electron chi connectivity index (χ2n) is 4.21. The molecular formula is C12H19NO2. The van der Waals surface area contributed by atoms with E-state index in [0.717, 1.165) is 12.8 Å². The molecule has 3 nitrogen and oxygen atoms in total. The Morgan fingerprint density at radius 3 is 2.20 bits per heavy atom. The molecule has 0 atom stereocenters. The average molecular weight is 209 g/mol. The summed E-state index contributed by atoms with van der Waals surface area (Å²) in [5, 5.41) is 2.70. The Morgan fingerprint density at radius 1 is 1.20 bits per heavy atom. The van der Waals surface area contributed by atoms with Gasteiger partial charge in [-0.2, -0.15) is 0 Å². The molecular weight excluding hydrogens is 190 g/mol. The van der Waals surface area contributed by atoms with Gasteiger partial charge >= 0.3 is 0 Å². The molecule has 0 aromatic carbocycles. The Balaban J connectivity index is 3.07. The topological polar surface area (TPSA) is 46.2 Å². The van der Waals surface area contributed by atoms with Gasteiger partial charge in [0.05, 0.1) is 0 Å². The molecule has 1 amide bonds. The van der Waals surface area contributed by atoms with E-state index in [1.54, 1.807) is 6.92 Å². The SMILES string of the molecule is CCCC1(CCC)C(=O)NC=C(C)C1=O. The van der Waals surface area contributed by atoms with Crippen molar-refractivity contribution in [3.63, 3.8) is 0 Å². The maximum atomic E-state index is 12.1. The van der Waals surface area contributed by atoms with Crippen LogP contribution in [-0.2, 0) is 9.59 Å². The number of Topliss-reactive ketones (excluding diaryl/α,β-unsaturated/α-hetero) is 1. The number of rotatable bonds is 4. The third kappa shape index (κ3) is 1.96. The summed E-state index contributed by atoms with van der Waals surface area (Å²) < 4.78 is 0. The van der Waals surface area contributed by atoms with Gasteiger partial charge in [0.25, 0.3) is 0 Å². The molecule has 15 heavy (non-hydrogen) atoms.